The van der Waals surface area contributed by atoms with Crippen molar-refractivity contribution in [2.75, 3.05) is 5.73 Å². The molecule has 0 bridgehead atoms. The monoisotopic (exact) mass is 321 g/mol. The second kappa shape index (κ2) is 5.05. The van der Waals surface area contributed by atoms with Crippen LogP contribution in [-0.2, 0) is 6.18 Å². The van der Waals surface area contributed by atoms with Gasteiger partial charge in [0.05, 0.1) is 10.9 Å². The Morgan fingerprint density at radius 2 is 1.70 bits per heavy atom. The molecule has 23 heavy (non-hydrogen) atoms. The maximum Gasteiger partial charge on any atom is 0.450 e. The number of hydrogen-bond donors (Lipinski definition) is 2. The van der Waals surface area contributed by atoms with Crippen molar-refractivity contribution in [1.29, 1.82) is 0 Å². The summed E-state index contributed by atoms with van der Waals surface area (Å²) in [6.45, 7) is 0. The summed E-state index contributed by atoms with van der Waals surface area (Å²) in [6.07, 6.45) is -4.87. The van der Waals surface area contributed by atoms with E-state index < -0.39 is 22.9 Å². The van der Waals surface area contributed by atoms with Crippen molar-refractivity contribution in [3.63, 3.8) is 0 Å². The molecule has 0 unspecified atom stereocenters. The van der Waals surface area contributed by atoms with Crippen LogP contribution in [0, 0.1) is 0 Å². The van der Waals surface area contributed by atoms with Crippen LogP contribution >= 0.6 is 0 Å². The molecule has 0 aliphatic heterocycles. The minimum atomic E-state index is -4.87. The maximum atomic E-state index is 13.3. The average molecular weight is 321 g/mol. The predicted octanol–water partition coefficient (Wildman–Crippen LogP) is 3.77. The molecule has 3 rings (SSSR count). The van der Waals surface area contributed by atoms with Gasteiger partial charge in [-0.15, -0.1) is 0 Å². The molecule has 0 saturated heterocycles. The van der Waals surface area contributed by atoms with E-state index in [1.54, 1.807) is 0 Å². The van der Waals surface area contributed by atoms with Gasteiger partial charge < -0.3 is 15.3 Å². The van der Waals surface area contributed by atoms with Crippen LogP contribution < -0.4 is 11.2 Å². The Balaban J connectivity index is 2.43. The molecular formula is C16H10F3NO3. The van der Waals surface area contributed by atoms with Crippen molar-refractivity contribution in [1.82, 2.24) is 0 Å². The zero-order chi connectivity index (χ0) is 16.8. The number of benzene rings is 2. The van der Waals surface area contributed by atoms with Gasteiger partial charge in [-0.3, -0.25) is 4.79 Å². The minimum absolute atomic E-state index is 0.0512. The van der Waals surface area contributed by atoms with Crippen molar-refractivity contribution in [3.8, 4) is 16.9 Å². The first-order valence-corrected chi connectivity index (χ1v) is 6.50. The van der Waals surface area contributed by atoms with Gasteiger partial charge in [0.25, 0.3) is 0 Å². The summed E-state index contributed by atoms with van der Waals surface area (Å²) in [6, 6.07) is 8.84. The summed E-state index contributed by atoms with van der Waals surface area (Å²) in [7, 11) is 0. The van der Waals surface area contributed by atoms with Gasteiger partial charge in [0.1, 0.15) is 11.3 Å². The summed E-state index contributed by atoms with van der Waals surface area (Å²) in [4.78, 5) is 12.5. The first-order valence-electron chi connectivity index (χ1n) is 6.50. The molecule has 0 spiro atoms. The molecule has 0 amide bonds. The van der Waals surface area contributed by atoms with Crippen molar-refractivity contribution in [2.45, 2.75) is 6.18 Å². The summed E-state index contributed by atoms with van der Waals surface area (Å²) < 4.78 is 44.8. The highest BCUT2D eigenvalue weighted by molar-refractivity contribution is 5.84. The van der Waals surface area contributed by atoms with E-state index in [1.165, 1.54) is 36.4 Å². The van der Waals surface area contributed by atoms with Crippen LogP contribution in [-0.4, -0.2) is 5.11 Å². The molecule has 0 fully saturated rings. The van der Waals surface area contributed by atoms with Crippen LogP contribution in [0.3, 0.4) is 0 Å². The lowest BCUT2D eigenvalue weighted by Gasteiger charge is -2.13. The van der Waals surface area contributed by atoms with Crippen LogP contribution in [0.5, 0.6) is 5.75 Å². The standard InChI is InChI=1S/C16H10F3NO3/c17-16(18,19)15-13(8-1-3-9(20)4-2-8)14(22)11-6-5-10(21)7-12(11)23-15/h1-7,21H,20H2. The molecular weight excluding hydrogens is 311 g/mol. The van der Waals surface area contributed by atoms with Crippen LogP contribution in [0.15, 0.2) is 51.7 Å². The van der Waals surface area contributed by atoms with Crippen LogP contribution in [0.25, 0.3) is 22.1 Å². The Bertz CT molecular complexity index is 944. The second-order valence-electron chi connectivity index (χ2n) is 4.94. The zero-order valence-corrected chi connectivity index (χ0v) is 11.5. The molecule has 7 heteroatoms. The average Bonchev–Trinajstić information content (AvgIpc) is 2.47. The van der Waals surface area contributed by atoms with Crippen molar-refractivity contribution >= 4 is 16.7 Å². The quantitative estimate of drug-likeness (QED) is 0.669. The number of nitrogen functional groups attached to an aromatic ring is 1. The number of anilines is 1. The number of aromatic hydroxyl groups is 1. The second-order valence-corrected chi connectivity index (χ2v) is 4.94. The SMILES string of the molecule is Nc1ccc(-c2c(C(F)(F)F)oc3cc(O)ccc3c2=O)cc1. The number of phenolic OH excluding ortho intramolecular Hbond substituents is 1. The zero-order valence-electron chi connectivity index (χ0n) is 11.5. The minimum Gasteiger partial charge on any atom is -0.508 e. The topological polar surface area (TPSA) is 76.5 Å². The lowest BCUT2D eigenvalue weighted by molar-refractivity contribution is -0.152. The molecule has 0 atom stereocenters. The largest absolute Gasteiger partial charge is 0.508 e. The van der Waals surface area contributed by atoms with E-state index in [-0.39, 0.29) is 22.3 Å². The van der Waals surface area contributed by atoms with Gasteiger partial charge in [0.2, 0.25) is 11.2 Å². The lowest BCUT2D eigenvalue weighted by atomic mass is 10.0. The molecule has 3 N–H and O–H groups in total. The lowest BCUT2D eigenvalue weighted by Crippen LogP contribution is -2.16. The molecule has 1 heterocycles. The molecule has 0 aliphatic carbocycles. The van der Waals surface area contributed by atoms with Gasteiger partial charge in [-0.05, 0) is 29.8 Å². The summed E-state index contributed by atoms with van der Waals surface area (Å²) in [5.74, 6) is -1.71. The third-order valence-electron chi connectivity index (χ3n) is 3.33. The molecule has 1 aromatic heterocycles. The van der Waals surface area contributed by atoms with E-state index in [4.69, 9.17) is 10.2 Å². The highest BCUT2D eigenvalue weighted by Crippen LogP contribution is 2.37. The third-order valence-corrected chi connectivity index (χ3v) is 3.33. The summed E-state index contributed by atoms with van der Waals surface area (Å²) in [5, 5.41) is 9.32. The molecule has 0 saturated carbocycles. The number of alkyl halides is 3. The number of halogens is 3. The van der Waals surface area contributed by atoms with Gasteiger partial charge in [-0.2, -0.15) is 13.2 Å². The number of phenols is 1. The maximum absolute atomic E-state index is 13.3. The molecule has 0 aliphatic rings. The highest BCUT2D eigenvalue weighted by Gasteiger charge is 2.39. The van der Waals surface area contributed by atoms with Gasteiger partial charge in [-0.1, -0.05) is 12.1 Å². The van der Waals surface area contributed by atoms with Gasteiger partial charge in [-0.25, -0.2) is 0 Å². The molecule has 0 radical (unpaired) electrons. The van der Waals surface area contributed by atoms with E-state index in [0.717, 1.165) is 6.07 Å². The number of nitrogens with two attached hydrogens (primary N) is 1. The molecule has 4 nitrogen and oxygen atoms in total. The van der Waals surface area contributed by atoms with E-state index >= 15 is 0 Å². The van der Waals surface area contributed by atoms with Crippen molar-refractivity contribution in [2.24, 2.45) is 0 Å². The summed E-state index contributed by atoms with van der Waals surface area (Å²) in [5.41, 5.74) is 4.18. The van der Waals surface area contributed by atoms with E-state index in [0.29, 0.717) is 5.69 Å². The smallest absolute Gasteiger partial charge is 0.450 e. The number of rotatable bonds is 1. The molecule has 2 aromatic carbocycles. The van der Waals surface area contributed by atoms with Crippen LogP contribution in [0.2, 0.25) is 0 Å². The molecule has 118 valence electrons. The van der Waals surface area contributed by atoms with Gasteiger partial charge in [0, 0.05) is 11.8 Å². The highest BCUT2D eigenvalue weighted by atomic mass is 19.4. The Hall–Kier alpha value is -2.96. The van der Waals surface area contributed by atoms with Crippen molar-refractivity contribution in [3.05, 3.63) is 58.4 Å². The Morgan fingerprint density at radius 1 is 1.04 bits per heavy atom. The number of hydrogen-bond acceptors (Lipinski definition) is 4. The molecule has 3 aromatic rings. The predicted molar refractivity (Wildman–Crippen MR) is 79.0 cm³/mol. The van der Waals surface area contributed by atoms with E-state index in [9.17, 15) is 23.1 Å². The third kappa shape index (κ3) is 2.61. The van der Waals surface area contributed by atoms with Gasteiger partial charge >= 0.3 is 6.18 Å². The van der Waals surface area contributed by atoms with Crippen LogP contribution in [0.1, 0.15) is 5.76 Å². The Morgan fingerprint density at radius 3 is 2.30 bits per heavy atom. The van der Waals surface area contributed by atoms with E-state index in [2.05, 4.69) is 0 Å². The van der Waals surface area contributed by atoms with Crippen LogP contribution in [0.4, 0.5) is 18.9 Å². The normalized spacial score (nSPS) is 11.8. The summed E-state index contributed by atoms with van der Waals surface area (Å²) >= 11 is 0. The Labute approximate surface area is 127 Å². The van der Waals surface area contributed by atoms with E-state index in [1.807, 2.05) is 0 Å². The fourth-order valence-electron chi connectivity index (χ4n) is 2.29. The Kier molecular flexibility index (Phi) is 3.28. The first-order chi connectivity index (χ1) is 10.8. The number of fused-ring (bicyclic) bond motifs is 1. The van der Waals surface area contributed by atoms with Crippen molar-refractivity contribution < 1.29 is 22.7 Å². The fourth-order valence-corrected chi connectivity index (χ4v) is 2.29. The van der Waals surface area contributed by atoms with Gasteiger partial charge in [0.15, 0.2) is 0 Å². The first kappa shape index (κ1) is 15.0. The fraction of sp³-hybridized carbons (Fsp3) is 0.0625.